The summed E-state index contributed by atoms with van der Waals surface area (Å²) in [7, 11) is 0.167. The van der Waals surface area contributed by atoms with Gasteiger partial charge in [0.05, 0.1) is 41.0 Å². The number of sulfone groups is 1. The number of likely N-dealkylation sites (tertiary alicyclic amines) is 1. The summed E-state index contributed by atoms with van der Waals surface area (Å²) in [5.41, 5.74) is 2.13. The summed E-state index contributed by atoms with van der Waals surface area (Å²) in [5, 5.41) is 8.78. The van der Waals surface area contributed by atoms with Crippen molar-refractivity contribution in [3.05, 3.63) is 46.8 Å². The summed E-state index contributed by atoms with van der Waals surface area (Å²) in [6, 6.07) is 8.37. The maximum atomic E-state index is 13.2. The molecule has 204 valence electrons. The maximum Gasteiger partial charge on any atom is 0.393 e. The van der Waals surface area contributed by atoms with Gasteiger partial charge < -0.3 is 20.3 Å². The molecule has 0 unspecified atom stereocenters. The van der Waals surface area contributed by atoms with Crippen LogP contribution in [0.25, 0.3) is 10.1 Å². The first kappa shape index (κ1) is 28.1. The number of nitrogens with one attached hydrogen (secondary N) is 2. The molecule has 0 radical (unpaired) electrons. The fourth-order valence-corrected chi connectivity index (χ4v) is 6.11. The van der Waals surface area contributed by atoms with E-state index in [1.54, 1.807) is 17.5 Å². The van der Waals surface area contributed by atoms with Gasteiger partial charge in [0.1, 0.15) is 5.75 Å². The molecule has 0 saturated carbocycles. The molecule has 1 fully saturated rings. The minimum atomic E-state index is -4.30. The second-order valence-corrected chi connectivity index (χ2v) is 12.4. The zero-order valence-corrected chi connectivity index (χ0v) is 23.0. The Hall–Kier alpha value is -2.94. The van der Waals surface area contributed by atoms with Gasteiger partial charge >= 0.3 is 6.18 Å². The van der Waals surface area contributed by atoms with E-state index in [1.165, 1.54) is 30.6 Å². The highest BCUT2D eigenvalue weighted by Crippen LogP contribution is 2.37. The van der Waals surface area contributed by atoms with Crippen LogP contribution in [0.1, 0.15) is 24.0 Å². The Bertz CT molecular complexity index is 1470. The number of rotatable bonds is 7. The van der Waals surface area contributed by atoms with Crippen molar-refractivity contribution in [1.29, 1.82) is 0 Å². The highest BCUT2D eigenvalue weighted by Gasteiger charge is 2.29. The van der Waals surface area contributed by atoms with Gasteiger partial charge in [-0.1, -0.05) is 11.8 Å². The van der Waals surface area contributed by atoms with Crippen LogP contribution >= 0.6 is 11.3 Å². The van der Waals surface area contributed by atoms with Crippen molar-refractivity contribution in [2.75, 3.05) is 50.7 Å². The van der Waals surface area contributed by atoms with Crippen LogP contribution < -0.4 is 15.4 Å². The number of piperidine rings is 1. The molecule has 0 bridgehead atoms. The maximum absolute atomic E-state index is 13.2. The Morgan fingerprint density at radius 3 is 2.55 bits per heavy atom. The number of methoxy groups -OCH3 is 1. The minimum absolute atomic E-state index is 0.151. The Morgan fingerprint density at radius 1 is 1.16 bits per heavy atom. The number of hydrogen-bond acceptors (Lipinski definition) is 7. The summed E-state index contributed by atoms with van der Waals surface area (Å²) in [6.07, 6.45) is -2.26. The van der Waals surface area contributed by atoms with Gasteiger partial charge in [0.2, 0.25) is 0 Å². The lowest BCUT2D eigenvalue weighted by molar-refractivity contribution is -0.126. The standard InChI is InChI=1S/C27H30F3N3O3S2/c1-33-11-8-20(9-12-33)32-24-14-18(13-22-19(16-27(28,29)30)17-37-26(22)24)5-4-10-31-23-15-21(38(3,34)35)6-7-25(23)36-2/h6-7,13-15,17,20,31-32H,8-12,16H2,1-3H3. The van der Waals surface area contributed by atoms with Gasteiger partial charge in [-0.3, -0.25) is 0 Å². The van der Waals surface area contributed by atoms with Gasteiger partial charge in [-0.2, -0.15) is 13.2 Å². The van der Waals surface area contributed by atoms with Crippen LogP contribution in [0, 0.1) is 11.8 Å². The van der Waals surface area contributed by atoms with Crippen LogP contribution in [0.3, 0.4) is 0 Å². The third kappa shape index (κ3) is 7.12. The van der Waals surface area contributed by atoms with Gasteiger partial charge in [0.15, 0.2) is 9.84 Å². The fraction of sp³-hybridized carbons (Fsp3) is 0.407. The molecule has 6 nitrogen and oxygen atoms in total. The molecule has 11 heteroatoms. The molecule has 1 aliphatic heterocycles. The van der Waals surface area contributed by atoms with Crippen molar-refractivity contribution >= 4 is 42.6 Å². The van der Waals surface area contributed by atoms with Crippen LogP contribution in [-0.4, -0.2) is 65.6 Å². The van der Waals surface area contributed by atoms with Crippen LogP contribution in [0.2, 0.25) is 0 Å². The zero-order chi connectivity index (χ0) is 27.5. The second kappa shape index (κ2) is 11.4. The van der Waals surface area contributed by atoms with E-state index >= 15 is 0 Å². The molecular formula is C27H30F3N3O3S2. The topological polar surface area (TPSA) is 70.7 Å². The minimum Gasteiger partial charge on any atom is -0.495 e. The predicted octanol–water partition coefficient (Wildman–Crippen LogP) is 5.39. The quantitative estimate of drug-likeness (QED) is 0.375. The lowest BCUT2D eigenvalue weighted by atomic mass is 10.0. The van der Waals surface area contributed by atoms with E-state index in [4.69, 9.17) is 4.74 Å². The molecule has 0 atom stereocenters. The normalized spacial score (nSPS) is 15.2. The van der Waals surface area contributed by atoms with Crippen molar-refractivity contribution < 1.29 is 26.3 Å². The lowest BCUT2D eigenvalue weighted by Crippen LogP contribution is -2.36. The smallest absolute Gasteiger partial charge is 0.393 e. The van der Waals surface area contributed by atoms with Crippen LogP contribution in [0.5, 0.6) is 5.75 Å². The number of ether oxygens (including phenoxy) is 1. The van der Waals surface area contributed by atoms with E-state index in [-0.39, 0.29) is 23.0 Å². The van der Waals surface area contributed by atoms with E-state index in [9.17, 15) is 21.6 Å². The molecule has 4 rings (SSSR count). The van der Waals surface area contributed by atoms with Gasteiger partial charge in [-0.15, -0.1) is 11.3 Å². The van der Waals surface area contributed by atoms with Gasteiger partial charge in [0.25, 0.3) is 0 Å². The molecule has 2 N–H and O–H groups in total. The van der Waals surface area contributed by atoms with E-state index in [1.807, 2.05) is 6.07 Å². The summed E-state index contributed by atoms with van der Waals surface area (Å²) in [4.78, 5) is 2.41. The molecule has 0 amide bonds. The lowest BCUT2D eigenvalue weighted by Gasteiger charge is -2.30. The van der Waals surface area contributed by atoms with Gasteiger partial charge in [0, 0.05) is 17.9 Å². The Balaban J connectivity index is 1.60. The first-order chi connectivity index (χ1) is 17.9. The third-order valence-electron chi connectivity index (χ3n) is 6.42. The average Bonchev–Trinajstić information content (AvgIpc) is 3.24. The Labute approximate surface area is 225 Å². The molecule has 3 aromatic rings. The molecule has 1 saturated heterocycles. The van der Waals surface area contributed by atoms with E-state index in [2.05, 4.69) is 34.4 Å². The second-order valence-electron chi connectivity index (χ2n) is 9.46. The largest absolute Gasteiger partial charge is 0.495 e. The molecule has 1 aliphatic rings. The first-order valence-corrected chi connectivity index (χ1v) is 14.9. The summed E-state index contributed by atoms with van der Waals surface area (Å²) >= 11 is 1.32. The number of anilines is 2. The fourth-order valence-electron chi connectivity index (χ4n) is 4.43. The number of nitrogens with zero attached hydrogens (tertiary/aromatic N) is 1. The highest BCUT2D eigenvalue weighted by molar-refractivity contribution is 7.90. The van der Waals surface area contributed by atoms with Crippen LogP contribution in [-0.2, 0) is 16.3 Å². The van der Waals surface area contributed by atoms with E-state index in [0.29, 0.717) is 22.4 Å². The van der Waals surface area contributed by atoms with Crippen molar-refractivity contribution in [2.45, 2.75) is 36.4 Å². The summed E-state index contributed by atoms with van der Waals surface area (Å²) < 4.78 is 69.6. The molecule has 1 aromatic heterocycles. The highest BCUT2D eigenvalue weighted by atomic mass is 32.2. The Kier molecular flexibility index (Phi) is 8.45. The summed E-state index contributed by atoms with van der Waals surface area (Å²) in [5.74, 6) is 6.53. The molecular weight excluding hydrogens is 535 g/mol. The van der Waals surface area contributed by atoms with Crippen molar-refractivity contribution in [3.63, 3.8) is 0 Å². The zero-order valence-electron chi connectivity index (χ0n) is 21.4. The van der Waals surface area contributed by atoms with Crippen molar-refractivity contribution in [2.24, 2.45) is 0 Å². The SMILES string of the molecule is COc1ccc(S(C)(=O)=O)cc1NCC#Cc1cc(NC2CCN(C)CC2)c2scc(CC(F)(F)F)c2c1. The number of halogens is 3. The number of thiophene rings is 1. The third-order valence-corrected chi connectivity index (χ3v) is 8.61. The van der Waals surface area contributed by atoms with E-state index < -0.39 is 22.4 Å². The van der Waals surface area contributed by atoms with E-state index in [0.717, 1.165) is 42.6 Å². The predicted molar refractivity (Wildman–Crippen MR) is 147 cm³/mol. The molecule has 38 heavy (non-hydrogen) atoms. The monoisotopic (exact) mass is 565 g/mol. The average molecular weight is 566 g/mol. The number of benzene rings is 2. The van der Waals surface area contributed by atoms with Crippen LogP contribution in [0.15, 0.2) is 40.6 Å². The number of hydrogen-bond donors (Lipinski definition) is 2. The molecule has 2 heterocycles. The van der Waals surface area contributed by atoms with Crippen LogP contribution in [0.4, 0.5) is 24.5 Å². The first-order valence-electron chi connectivity index (χ1n) is 12.1. The summed E-state index contributed by atoms with van der Waals surface area (Å²) in [6.45, 7) is 2.10. The molecule has 2 aromatic carbocycles. The van der Waals surface area contributed by atoms with Gasteiger partial charge in [-0.05, 0) is 79.6 Å². The Morgan fingerprint density at radius 2 is 1.89 bits per heavy atom. The molecule has 0 aliphatic carbocycles. The number of fused-ring (bicyclic) bond motifs is 1. The van der Waals surface area contributed by atoms with Gasteiger partial charge in [-0.25, -0.2) is 8.42 Å². The van der Waals surface area contributed by atoms with Crippen molar-refractivity contribution in [3.8, 4) is 17.6 Å². The molecule has 0 spiro atoms. The van der Waals surface area contributed by atoms with Crippen molar-refractivity contribution in [1.82, 2.24) is 4.90 Å². The number of alkyl halides is 3.